The highest BCUT2D eigenvalue weighted by Gasteiger charge is 2.10. The number of carbonyl (C=O) groups is 1. The Balaban J connectivity index is 2.08. The predicted molar refractivity (Wildman–Crippen MR) is 72.5 cm³/mol. The Morgan fingerprint density at radius 1 is 1.56 bits per heavy atom. The lowest BCUT2D eigenvalue weighted by atomic mass is 10.1. The molecular formula is C12H11ClN2O2S. The molecule has 4 nitrogen and oxygen atoms in total. The number of anilines is 1. The Bertz CT molecular complexity index is 543. The largest absolute Gasteiger partial charge is 0.496 e. The predicted octanol–water partition coefficient (Wildman–Crippen LogP) is 2.99. The number of halogens is 1. The Kier molecular flexibility index (Phi) is 4.17. The number of benzene rings is 1. The van der Waals surface area contributed by atoms with Crippen LogP contribution in [0.1, 0.15) is 5.56 Å². The van der Waals surface area contributed by atoms with E-state index in [0.717, 1.165) is 5.56 Å². The molecule has 2 rings (SSSR count). The lowest BCUT2D eigenvalue weighted by Gasteiger charge is -2.08. The van der Waals surface area contributed by atoms with Crippen molar-refractivity contribution >= 4 is 34.0 Å². The Morgan fingerprint density at radius 2 is 2.39 bits per heavy atom. The third kappa shape index (κ3) is 3.21. The van der Waals surface area contributed by atoms with E-state index < -0.39 is 0 Å². The van der Waals surface area contributed by atoms with Crippen molar-refractivity contribution in [3.63, 3.8) is 0 Å². The summed E-state index contributed by atoms with van der Waals surface area (Å²) in [6.45, 7) is 0. The quantitative estimate of drug-likeness (QED) is 0.938. The van der Waals surface area contributed by atoms with Crippen LogP contribution in [0.5, 0.6) is 5.75 Å². The molecule has 0 unspecified atom stereocenters. The normalized spacial score (nSPS) is 10.1. The lowest BCUT2D eigenvalue weighted by Crippen LogP contribution is -2.14. The number of nitrogens with zero attached hydrogens (tertiary/aromatic N) is 1. The van der Waals surface area contributed by atoms with Gasteiger partial charge in [-0.1, -0.05) is 11.6 Å². The zero-order valence-corrected chi connectivity index (χ0v) is 11.2. The summed E-state index contributed by atoms with van der Waals surface area (Å²) in [5.41, 5.74) is 0.749. The van der Waals surface area contributed by atoms with Gasteiger partial charge in [-0.3, -0.25) is 4.79 Å². The molecule has 1 amide bonds. The molecule has 2 aromatic rings. The second-order valence-corrected chi connectivity index (χ2v) is 4.85. The number of nitrogens with one attached hydrogen (secondary N) is 1. The van der Waals surface area contributed by atoms with E-state index in [1.807, 2.05) is 0 Å². The van der Waals surface area contributed by atoms with Crippen LogP contribution in [0.15, 0.2) is 29.8 Å². The van der Waals surface area contributed by atoms with Gasteiger partial charge in [0.1, 0.15) is 5.75 Å². The maximum atomic E-state index is 11.8. The first-order chi connectivity index (χ1) is 8.69. The molecule has 0 bridgehead atoms. The SMILES string of the molecule is COc1ccc(Cl)cc1CC(=O)Nc1nccs1. The molecule has 0 radical (unpaired) electrons. The lowest BCUT2D eigenvalue weighted by molar-refractivity contribution is -0.115. The van der Waals surface area contributed by atoms with Crippen LogP contribution in [0.25, 0.3) is 0 Å². The monoisotopic (exact) mass is 282 g/mol. The molecule has 18 heavy (non-hydrogen) atoms. The summed E-state index contributed by atoms with van der Waals surface area (Å²) in [6.07, 6.45) is 1.84. The van der Waals surface area contributed by atoms with E-state index in [-0.39, 0.29) is 12.3 Å². The van der Waals surface area contributed by atoms with Gasteiger partial charge in [0.15, 0.2) is 5.13 Å². The molecule has 1 aromatic carbocycles. The van der Waals surface area contributed by atoms with Crippen LogP contribution in [0.3, 0.4) is 0 Å². The molecule has 1 N–H and O–H groups in total. The third-order valence-electron chi connectivity index (χ3n) is 2.27. The van der Waals surface area contributed by atoms with E-state index in [1.165, 1.54) is 11.3 Å². The molecule has 0 aliphatic carbocycles. The topological polar surface area (TPSA) is 51.2 Å². The summed E-state index contributed by atoms with van der Waals surface area (Å²) in [6, 6.07) is 5.19. The Hall–Kier alpha value is -1.59. The van der Waals surface area contributed by atoms with Gasteiger partial charge < -0.3 is 10.1 Å². The second kappa shape index (κ2) is 5.84. The van der Waals surface area contributed by atoms with E-state index in [9.17, 15) is 4.79 Å². The maximum Gasteiger partial charge on any atom is 0.230 e. The van der Waals surface area contributed by atoms with E-state index in [1.54, 1.807) is 36.9 Å². The van der Waals surface area contributed by atoms with Crippen LogP contribution in [0.2, 0.25) is 5.02 Å². The van der Waals surface area contributed by atoms with Crippen LogP contribution in [-0.4, -0.2) is 18.0 Å². The molecule has 0 saturated heterocycles. The van der Waals surface area contributed by atoms with Gasteiger partial charge in [-0.05, 0) is 18.2 Å². The molecule has 0 aliphatic heterocycles. The number of hydrogen-bond acceptors (Lipinski definition) is 4. The van der Waals surface area contributed by atoms with Gasteiger partial charge in [0, 0.05) is 22.2 Å². The average molecular weight is 283 g/mol. The first kappa shape index (κ1) is 12.9. The zero-order chi connectivity index (χ0) is 13.0. The summed E-state index contributed by atoms with van der Waals surface area (Å²) in [5.74, 6) is 0.499. The highest BCUT2D eigenvalue weighted by molar-refractivity contribution is 7.13. The summed E-state index contributed by atoms with van der Waals surface area (Å²) in [7, 11) is 1.56. The van der Waals surface area contributed by atoms with E-state index in [4.69, 9.17) is 16.3 Å². The molecule has 0 atom stereocenters. The van der Waals surface area contributed by atoms with Gasteiger partial charge in [0.25, 0.3) is 0 Å². The van der Waals surface area contributed by atoms with E-state index >= 15 is 0 Å². The number of hydrogen-bond donors (Lipinski definition) is 1. The molecule has 1 heterocycles. The van der Waals surface area contributed by atoms with Gasteiger partial charge in [-0.2, -0.15) is 0 Å². The molecule has 0 fully saturated rings. The van der Waals surface area contributed by atoms with Crippen molar-refractivity contribution in [3.8, 4) is 5.75 Å². The van der Waals surface area contributed by atoms with Gasteiger partial charge in [0.2, 0.25) is 5.91 Å². The number of amides is 1. The number of ether oxygens (including phenoxy) is 1. The van der Waals surface area contributed by atoms with Crippen molar-refractivity contribution in [2.45, 2.75) is 6.42 Å². The number of thiazole rings is 1. The van der Waals surface area contributed by atoms with Crippen LogP contribution < -0.4 is 10.1 Å². The molecule has 94 valence electrons. The molecule has 1 aromatic heterocycles. The Labute approximate surface area is 114 Å². The van der Waals surface area contributed by atoms with Crippen molar-refractivity contribution in [1.82, 2.24) is 4.98 Å². The molecule has 0 spiro atoms. The number of rotatable bonds is 4. The first-order valence-electron chi connectivity index (χ1n) is 5.21. The summed E-state index contributed by atoms with van der Waals surface area (Å²) < 4.78 is 5.18. The first-order valence-corrected chi connectivity index (χ1v) is 6.46. The highest BCUT2D eigenvalue weighted by Crippen LogP contribution is 2.23. The van der Waals surface area contributed by atoms with Gasteiger partial charge in [-0.15, -0.1) is 11.3 Å². The minimum atomic E-state index is -0.148. The second-order valence-electron chi connectivity index (χ2n) is 3.52. The van der Waals surface area contributed by atoms with E-state index in [2.05, 4.69) is 10.3 Å². The van der Waals surface area contributed by atoms with Crippen LogP contribution in [0, 0.1) is 0 Å². The van der Waals surface area contributed by atoms with Gasteiger partial charge in [-0.25, -0.2) is 4.98 Å². The fourth-order valence-corrected chi connectivity index (χ4v) is 2.25. The van der Waals surface area contributed by atoms with Crippen LogP contribution >= 0.6 is 22.9 Å². The van der Waals surface area contributed by atoms with Crippen molar-refractivity contribution in [2.75, 3.05) is 12.4 Å². The van der Waals surface area contributed by atoms with E-state index in [0.29, 0.717) is 15.9 Å². The van der Waals surface area contributed by atoms with Gasteiger partial charge >= 0.3 is 0 Å². The smallest absolute Gasteiger partial charge is 0.230 e. The van der Waals surface area contributed by atoms with Gasteiger partial charge in [0.05, 0.1) is 13.5 Å². The molecular weight excluding hydrogens is 272 g/mol. The molecule has 0 saturated carbocycles. The molecule has 0 aliphatic rings. The number of aromatic nitrogens is 1. The van der Waals surface area contributed by atoms with Crippen LogP contribution in [-0.2, 0) is 11.2 Å². The molecule has 6 heteroatoms. The fourth-order valence-electron chi connectivity index (χ4n) is 1.51. The third-order valence-corrected chi connectivity index (χ3v) is 3.20. The zero-order valence-electron chi connectivity index (χ0n) is 9.64. The van der Waals surface area contributed by atoms with Crippen molar-refractivity contribution in [1.29, 1.82) is 0 Å². The summed E-state index contributed by atoms with van der Waals surface area (Å²) in [5, 5.41) is 5.67. The summed E-state index contributed by atoms with van der Waals surface area (Å²) in [4.78, 5) is 15.8. The summed E-state index contributed by atoms with van der Waals surface area (Å²) >= 11 is 7.28. The minimum Gasteiger partial charge on any atom is -0.496 e. The fraction of sp³-hybridized carbons (Fsp3) is 0.167. The van der Waals surface area contributed by atoms with Crippen molar-refractivity contribution in [3.05, 3.63) is 40.4 Å². The maximum absolute atomic E-state index is 11.8. The average Bonchev–Trinajstić information content (AvgIpc) is 2.82. The van der Waals surface area contributed by atoms with Crippen LogP contribution in [0.4, 0.5) is 5.13 Å². The number of methoxy groups -OCH3 is 1. The minimum absolute atomic E-state index is 0.148. The van der Waals surface area contributed by atoms with Crippen molar-refractivity contribution in [2.24, 2.45) is 0 Å². The van der Waals surface area contributed by atoms with Crippen molar-refractivity contribution < 1.29 is 9.53 Å². The standard InChI is InChI=1S/C12H11ClN2O2S/c1-17-10-3-2-9(13)6-8(10)7-11(16)15-12-14-4-5-18-12/h2-6H,7H2,1H3,(H,14,15,16). The number of carbonyl (C=O) groups excluding carboxylic acids is 1. The highest BCUT2D eigenvalue weighted by atomic mass is 35.5. The Morgan fingerprint density at radius 3 is 3.06 bits per heavy atom.